The van der Waals surface area contributed by atoms with Crippen molar-refractivity contribution in [2.24, 2.45) is 0 Å². The van der Waals surface area contributed by atoms with Gasteiger partial charge in [0.05, 0.1) is 18.5 Å². The van der Waals surface area contributed by atoms with Crippen LogP contribution in [0.25, 0.3) is 0 Å². The maximum absolute atomic E-state index is 5.54. The number of fused-ring (bicyclic) bond motifs is 1. The molecule has 3 heterocycles. The fourth-order valence-electron chi connectivity index (χ4n) is 4.68. The van der Waals surface area contributed by atoms with Crippen molar-refractivity contribution in [2.45, 2.75) is 19.4 Å². The molecule has 166 valence electrons. The molecular formula is C26H31N5O. The Kier molecular flexibility index (Phi) is 6.21. The van der Waals surface area contributed by atoms with E-state index in [2.05, 4.69) is 63.4 Å². The Balaban J connectivity index is 1.18. The fraction of sp³-hybridized carbons (Fsp3) is 0.385. The fourth-order valence-corrected chi connectivity index (χ4v) is 4.68. The molecule has 0 bridgehead atoms. The van der Waals surface area contributed by atoms with Gasteiger partial charge in [-0.3, -0.25) is 4.90 Å². The predicted molar refractivity (Wildman–Crippen MR) is 129 cm³/mol. The summed E-state index contributed by atoms with van der Waals surface area (Å²) in [6, 6.07) is 19.0. The first-order valence-corrected chi connectivity index (χ1v) is 11.5. The minimum atomic E-state index is 0.876. The van der Waals surface area contributed by atoms with E-state index in [0.29, 0.717) is 0 Å². The van der Waals surface area contributed by atoms with Crippen LogP contribution < -0.4 is 14.5 Å². The molecule has 2 aromatic carbocycles. The van der Waals surface area contributed by atoms with E-state index in [1.165, 1.54) is 16.8 Å². The molecule has 0 saturated carbocycles. The van der Waals surface area contributed by atoms with E-state index in [0.717, 1.165) is 76.0 Å². The van der Waals surface area contributed by atoms with Gasteiger partial charge in [0, 0.05) is 64.0 Å². The van der Waals surface area contributed by atoms with Gasteiger partial charge < -0.3 is 14.5 Å². The van der Waals surface area contributed by atoms with E-state index < -0.39 is 0 Å². The molecule has 0 radical (unpaired) electrons. The van der Waals surface area contributed by atoms with Crippen LogP contribution in [-0.2, 0) is 19.4 Å². The molecule has 3 aromatic rings. The third-order valence-corrected chi connectivity index (χ3v) is 6.55. The molecule has 0 spiro atoms. The number of rotatable bonds is 6. The predicted octanol–water partition coefficient (Wildman–Crippen LogP) is 3.41. The number of ether oxygens (including phenoxy) is 1. The van der Waals surface area contributed by atoms with Gasteiger partial charge in [-0.15, -0.1) is 0 Å². The number of methoxy groups -OCH3 is 1. The van der Waals surface area contributed by atoms with Gasteiger partial charge in [-0.25, -0.2) is 9.97 Å². The maximum Gasteiger partial charge on any atom is 0.225 e. The van der Waals surface area contributed by atoms with Gasteiger partial charge in [-0.1, -0.05) is 42.5 Å². The maximum atomic E-state index is 5.54. The quantitative estimate of drug-likeness (QED) is 0.598. The molecule has 0 unspecified atom stereocenters. The van der Waals surface area contributed by atoms with Crippen molar-refractivity contribution < 1.29 is 4.74 Å². The molecule has 2 aliphatic rings. The summed E-state index contributed by atoms with van der Waals surface area (Å²) in [5, 5.41) is 0. The zero-order valence-corrected chi connectivity index (χ0v) is 18.8. The van der Waals surface area contributed by atoms with Crippen molar-refractivity contribution >= 4 is 11.6 Å². The minimum Gasteiger partial charge on any atom is -0.495 e. The Morgan fingerprint density at radius 2 is 1.62 bits per heavy atom. The number of anilines is 2. The van der Waals surface area contributed by atoms with Gasteiger partial charge in [-0.2, -0.15) is 0 Å². The third kappa shape index (κ3) is 4.55. The Morgan fingerprint density at radius 3 is 2.44 bits per heavy atom. The molecule has 1 saturated heterocycles. The zero-order valence-electron chi connectivity index (χ0n) is 18.8. The molecule has 1 fully saturated rings. The van der Waals surface area contributed by atoms with Crippen LogP contribution in [0, 0.1) is 0 Å². The minimum absolute atomic E-state index is 0.876. The van der Waals surface area contributed by atoms with Gasteiger partial charge in [0.2, 0.25) is 5.95 Å². The van der Waals surface area contributed by atoms with Gasteiger partial charge in [0.15, 0.2) is 0 Å². The average molecular weight is 430 g/mol. The molecule has 2 aliphatic heterocycles. The molecule has 5 rings (SSSR count). The molecule has 1 aromatic heterocycles. The zero-order chi connectivity index (χ0) is 21.8. The Hall–Kier alpha value is -3.12. The molecule has 6 nitrogen and oxygen atoms in total. The second kappa shape index (κ2) is 9.57. The van der Waals surface area contributed by atoms with Crippen LogP contribution in [0.5, 0.6) is 5.75 Å². The molecule has 6 heteroatoms. The normalized spacial score (nSPS) is 16.7. The summed E-state index contributed by atoms with van der Waals surface area (Å²) in [5.41, 5.74) is 5.06. The van der Waals surface area contributed by atoms with Gasteiger partial charge in [0.1, 0.15) is 5.75 Å². The number of para-hydroxylation sites is 2. The molecular weight excluding hydrogens is 398 g/mol. The van der Waals surface area contributed by atoms with Crippen molar-refractivity contribution in [2.75, 3.05) is 56.2 Å². The molecule has 32 heavy (non-hydrogen) atoms. The Labute approximate surface area is 190 Å². The van der Waals surface area contributed by atoms with Crippen LogP contribution >= 0.6 is 0 Å². The van der Waals surface area contributed by atoms with E-state index in [9.17, 15) is 0 Å². The first-order valence-electron chi connectivity index (χ1n) is 11.5. The van der Waals surface area contributed by atoms with E-state index >= 15 is 0 Å². The van der Waals surface area contributed by atoms with Crippen LogP contribution in [0.2, 0.25) is 0 Å². The molecule has 0 aliphatic carbocycles. The summed E-state index contributed by atoms with van der Waals surface area (Å²) >= 11 is 0. The van der Waals surface area contributed by atoms with Crippen LogP contribution in [0.15, 0.2) is 60.8 Å². The highest BCUT2D eigenvalue weighted by Gasteiger charge is 2.23. The lowest BCUT2D eigenvalue weighted by Crippen LogP contribution is -2.47. The molecule has 0 N–H and O–H groups in total. The van der Waals surface area contributed by atoms with Crippen molar-refractivity contribution in [3.05, 3.63) is 77.6 Å². The SMILES string of the molecule is COc1ccccc1N1CCN(c2ncc3c(n2)CCN(CCc2ccccc2)C3)CC1. The van der Waals surface area contributed by atoms with Crippen molar-refractivity contribution in [3.8, 4) is 5.75 Å². The Bertz CT molecular complexity index is 1030. The van der Waals surface area contributed by atoms with Crippen molar-refractivity contribution in [1.29, 1.82) is 0 Å². The van der Waals surface area contributed by atoms with E-state index in [-0.39, 0.29) is 0 Å². The first kappa shape index (κ1) is 20.8. The van der Waals surface area contributed by atoms with Crippen molar-refractivity contribution in [1.82, 2.24) is 14.9 Å². The largest absolute Gasteiger partial charge is 0.495 e. The number of nitrogens with zero attached hydrogens (tertiary/aromatic N) is 5. The van der Waals surface area contributed by atoms with Gasteiger partial charge in [-0.05, 0) is 24.1 Å². The second-order valence-electron chi connectivity index (χ2n) is 8.55. The summed E-state index contributed by atoms with van der Waals surface area (Å²) in [5.74, 6) is 1.81. The number of hydrogen-bond acceptors (Lipinski definition) is 6. The van der Waals surface area contributed by atoms with Crippen LogP contribution in [0.4, 0.5) is 11.6 Å². The van der Waals surface area contributed by atoms with Gasteiger partial charge in [0.25, 0.3) is 0 Å². The monoisotopic (exact) mass is 429 g/mol. The summed E-state index contributed by atoms with van der Waals surface area (Å²) in [6.07, 6.45) is 4.14. The number of benzene rings is 2. The highest BCUT2D eigenvalue weighted by Crippen LogP contribution is 2.29. The second-order valence-corrected chi connectivity index (χ2v) is 8.55. The standard InChI is InChI=1S/C26H31N5O/c1-32-25-10-6-5-9-24(25)30-15-17-31(18-16-30)26-27-19-22-20-29(14-12-23(22)28-26)13-11-21-7-3-2-4-8-21/h2-10,19H,11-18,20H2,1H3. The topological polar surface area (TPSA) is 44.7 Å². The van der Waals surface area contributed by atoms with E-state index in [1.807, 2.05) is 12.1 Å². The van der Waals surface area contributed by atoms with Crippen molar-refractivity contribution in [3.63, 3.8) is 0 Å². The lowest BCUT2D eigenvalue weighted by atomic mass is 10.1. The van der Waals surface area contributed by atoms with Gasteiger partial charge >= 0.3 is 0 Å². The van der Waals surface area contributed by atoms with Crippen LogP contribution in [0.3, 0.4) is 0 Å². The lowest BCUT2D eigenvalue weighted by molar-refractivity contribution is 0.254. The summed E-state index contributed by atoms with van der Waals surface area (Å²) < 4.78 is 5.54. The summed E-state index contributed by atoms with van der Waals surface area (Å²) in [4.78, 5) is 16.9. The highest BCUT2D eigenvalue weighted by molar-refractivity contribution is 5.59. The Morgan fingerprint density at radius 1 is 0.875 bits per heavy atom. The third-order valence-electron chi connectivity index (χ3n) is 6.55. The average Bonchev–Trinajstić information content (AvgIpc) is 2.88. The number of aromatic nitrogens is 2. The van der Waals surface area contributed by atoms with E-state index in [4.69, 9.17) is 14.7 Å². The van der Waals surface area contributed by atoms with Crippen LogP contribution in [0.1, 0.15) is 16.8 Å². The van der Waals surface area contributed by atoms with Crippen LogP contribution in [-0.4, -0.2) is 61.2 Å². The molecule has 0 atom stereocenters. The smallest absolute Gasteiger partial charge is 0.225 e. The number of piperazine rings is 1. The highest BCUT2D eigenvalue weighted by atomic mass is 16.5. The van der Waals surface area contributed by atoms with E-state index in [1.54, 1.807) is 7.11 Å². The number of hydrogen-bond donors (Lipinski definition) is 0. The first-order chi connectivity index (χ1) is 15.8. The lowest BCUT2D eigenvalue weighted by Gasteiger charge is -2.37. The summed E-state index contributed by atoms with van der Waals surface area (Å²) in [6.45, 7) is 6.81. The molecule has 0 amide bonds. The summed E-state index contributed by atoms with van der Waals surface area (Å²) in [7, 11) is 1.73.